The van der Waals surface area contributed by atoms with Crippen LogP contribution in [-0.4, -0.2) is 24.4 Å². The zero-order valence-corrected chi connectivity index (χ0v) is 12.8. The lowest BCUT2D eigenvalue weighted by atomic mass is 9.90. The summed E-state index contributed by atoms with van der Waals surface area (Å²) in [6.45, 7) is 2.54. The predicted octanol–water partition coefficient (Wildman–Crippen LogP) is 3.48. The Bertz CT molecular complexity index is 517. The molecular formula is C14H18ClF3N2O2. The highest BCUT2D eigenvalue weighted by molar-refractivity contribution is 5.98. The fourth-order valence-electron chi connectivity index (χ4n) is 2.29. The van der Waals surface area contributed by atoms with Crippen molar-refractivity contribution in [1.82, 2.24) is 5.32 Å². The Kier molecular flexibility index (Phi) is 6.08. The number of ether oxygens (including phenoxy) is 1. The Morgan fingerprint density at radius 3 is 2.68 bits per heavy atom. The van der Waals surface area contributed by atoms with Gasteiger partial charge in [-0.2, -0.15) is 0 Å². The lowest BCUT2D eigenvalue weighted by molar-refractivity contribution is -0.274. The molecule has 22 heavy (non-hydrogen) atoms. The van der Waals surface area contributed by atoms with Gasteiger partial charge in [-0.25, -0.2) is 0 Å². The largest absolute Gasteiger partial charge is 0.573 e. The minimum absolute atomic E-state index is 0. The molecule has 0 aliphatic carbocycles. The lowest BCUT2D eigenvalue weighted by Gasteiger charge is -2.33. The average molecular weight is 339 g/mol. The SMILES string of the molecule is CC1(C(=O)Nc2cccc(OC(F)(F)F)c2)CCCCN1.Cl. The average Bonchev–Trinajstić information content (AvgIpc) is 2.38. The molecule has 1 heterocycles. The number of carbonyl (C=O) groups is 1. The first kappa shape index (κ1) is 18.6. The number of alkyl halides is 3. The predicted molar refractivity (Wildman–Crippen MR) is 79.3 cm³/mol. The highest BCUT2D eigenvalue weighted by Gasteiger charge is 2.34. The molecule has 2 N–H and O–H groups in total. The molecule has 1 aliphatic rings. The first-order valence-electron chi connectivity index (χ1n) is 6.71. The highest BCUT2D eigenvalue weighted by atomic mass is 35.5. The maximum atomic E-state index is 12.2. The second-order valence-electron chi connectivity index (χ2n) is 5.25. The Balaban J connectivity index is 0.00000242. The Morgan fingerprint density at radius 1 is 1.36 bits per heavy atom. The van der Waals surface area contributed by atoms with E-state index in [-0.39, 0.29) is 29.8 Å². The van der Waals surface area contributed by atoms with Crippen LogP contribution in [0.25, 0.3) is 0 Å². The van der Waals surface area contributed by atoms with Gasteiger partial charge in [-0.1, -0.05) is 6.07 Å². The summed E-state index contributed by atoms with van der Waals surface area (Å²) in [4.78, 5) is 12.2. The minimum Gasteiger partial charge on any atom is -0.406 e. The van der Waals surface area contributed by atoms with Crippen molar-refractivity contribution in [2.45, 2.75) is 38.1 Å². The van der Waals surface area contributed by atoms with E-state index in [2.05, 4.69) is 15.4 Å². The van der Waals surface area contributed by atoms with Crippen LogP contribution >= 0.6 is 12.4 Å². The number of piperidine rings is 1. The molecule has 8 heteroatoms. The van der Waals surface area contributed by atoms with Crippen LogP contribution in [0.2, 0.25) is 0 Å². The summed E-state index contributed by atoms with van der Waals surface area (Å²) in [6, 6.07) is 5.25. The molecule has 0 bridgehead atoms. The van der Waals surface area contributed by atoms with Crippen molar-refractivity contribution in [3.8, 4) is 5.75 Å². The van der Waals surface area contributed by atoms with Crippen LogP contribution in [-0.2, 0) is 4.79 Å². The van der Waals surface area contributed by atoms with Crippen LogP contribution < -0.4 is 15.4 Å². The zero-order chi connectivity index (χ0) is 15.5. The number of anilines is 1. The van der Waals surface area contributed by atoms with Gasteiger partial charge in [0, 0.05) is 11.8 Å². The van der Waals surface area contributed by atoms with Gasteiger partial charge < -0.3 is 15.4 Å². The summed E-state index contributed by atoms with van der Waals surface area (Å²) in [6.07, 6.45) is -2.11. The zero-order valence-electron chi connectivity index (χ0n) is 12.0. The third-order valence-corrected chi connectivity index (χ3v) is 3.45. The molecule has 4 nitrogen and oxygen atoms in total. The fourth-order valence-corrected chi connectivity index (χ4v) is 2.29. The van der Waals surface area contributed by atoms with Gasteiger partial charge in [-0.3, -0.25) is 4.79 Å². The van der Waals surface area contributed by atoms with Crippen LogP contribution in [0.4, 0.5) is 18.9 Å². The summed E-state index contributed by atoms with van der Waals surface area (Å²) in [5.74, 6) is -0.617. The number of nitrogens with one attached hydrogen (secondary N) is 2. The fraction of sp³-hybridized carbons (Fsp3) is 0.500. The van der Waals surface area contributed by atoms with E-state index < -0.39 is 11.9 Å². The third kappa shape index (κ3) is 5.06. The third-order valence-electron chi connectivity index (χ3n) is 3.45. The van der Waals surface area contributed by atoms with Crippen molar-refractivity contribution >= 4 is 24.0 Å². The van der Waals surface area contributed by atoms with E-state index in [1.165, 1.54) is 18.2 Å². The van der Waals surface area contributed by atoms with Gasteiger partial charge in [0.2, 0.25) is 5.91 Å². The van der Waals surface area contributed by atoms with E-state index in [1.54, 1.807) is 6.92 Å². The second kappa shape index (κ2) is 7.19. The second-order valence-corrected chi connectivity index (χ2v) is 5.25. The maximum absolute atomic E-state index is 12.2. The van der Waals surface area contributed by atoms with Crippen LogP contribution in [0, 0.1) is 0 Å². The number of rotatable bonds is 3. The van der Waals surface area contributed by atoms with Crippen LogP contribution in [0.1, 0.15) is 26.2 Å². The molecule has 1 unspecified atom stereocenters. The lowest BCUT2D eigenvalue weighted by Crippen LogP contribution is -2.54. The first-order chi connectivity index (χ1) is 9.78. The molecule has 124 valence electrons. The van der Waals surface area contributed by atoms with Gasteiger partial charge in [0.1, 0.15) is 5.75 Å². The molecule has 1 amide bonds. The van der Waals surface area contributed by atoms with Crippen LogP contribution in [0.5, 0.6) is 5.75 Å². The van der Waals surface area contributed by atoms with Crippen LogP contribution in [0.15, 0.2) is 24.3 Å². The summed E-state index contributed by atoms with van der Waals surface area (Å²) < 4.78 is 40.3. The summed E-state index contributed by atoms with van der Waals surface area (Å²) in [5.41, 5.74) is -0.422. The van der Waals surface area contributed by atoms with Crippen molar-refractivity contribution < 1.29 is 22.7 Å². The van der Waals surface area contributed by atoms with Gasteiger partial charge >= 0.3 is 6.36 Å². The van der Waals surface area contributed by atoms with E-state index in [1.807, 2.05) is 0 Å². The smallest absolute Gasteiger partial charge is 0.406 e. The normalized spacial score (nSPS) is 21.6. The molecule has 0 aromatic heterocycles. The molecule has 1 saturated heterocycles. The Hall–Kier alpha value is -1.47. The van der Waals surface area contributed by atoms with Gasteiger partial charge in [0.25, 0.3) is 0 Å². The Labute approximate surface area is 132 Å². The molecule has 1 aliphatic heterocycles. The van der Waals surface area contributed by atoms with Crippen molar-refractivity contribution in [2.75, 3.05) is 11.9 Å². The number of benzene rings is 1. The number of hydrogen-bond donors (Lipinski definition) is 2. The summed E-state index contributed by atoms with van der Waals surface area (Å²) in [5, 5.41) is 5.77. The number of amides is 1. The van der Waals surface area contributed by atoms with Gasteiger partial charge in [-0.05, 0) is 44.9 Å². The minimum atomic E-state index is -4.75. The first-order valence-corrected chi connectivity index (χ1v) is 6.71. The molecule has 0 radical (unpaired) electrons. The number of halogens is 4. The van der Waals surface area contributed by atoms with Gasteiger partial charge in [-0.15, -0.1) is 25.6 Å². The van der Waals surface area contributed by atoms with Crippen molar-refractivity contribution in [1.29, 1.82) is 0 Å². The van der Waals surface area contributed by atoms with E-state index >= 15 is 0 Å². The molecule has 0 spiro atoms. The molecular weight excluding hydrogens is 321 g/mol. The van der Waals surface area contributed by atoms with Crippen molar-refractivity contribution in [3.63, 3.8) is 0 Å². The van der Waals surface area contributed by atoms with E-state index in [4.69, 9.17) is 0 Å². The quantitative estimate of drug-likeness (QED) is 0.887. The van der Waals surface area contributed by atoms with E-state index in [0.29, 0.717) is 6.42 Å². The molecule has 1 fully saturated rings. The number of hydrogen-bond acceptors (Lipinski definition) is 3. The summed E-state index contributed by atoms with van der Waals surface area (Å²) >= 11 is 0. The standard InChI is InChI=1S/C14H17F3N2O2.ClH/c1-13(7-2-3-8-18-13)12(20)19-10-5-4-6-11(9-10)21-14(15,16)17;/h4-6,9,18H,2-3,7-8H2,1H3,(H,19,20);1H. The molecule has 1 aromatic rings. The molecule has 1 aromatic carbocycles. The topological polar surface area (TPSA) is 50.4 Å². The molecule has 0 saturated carbocycles. The molecule has 2 rings (SSSR count). The van der Waals surface area contributed by atoms with Gasteiger partial charge in [0.15, 0.2) is 0 Å². The highest BCUT2D eigenvalue weighted by Crippen LogP contribution is 2.26. The van der Waals surface area contributed by atoms with E-state index in [9.17, 15) is 18.0 Å². The van der Waals surface area contributed by atoms with E-state index in [0.717, 1.165) is 25.5 Å². The van der Waals surface area contributed by atoms with Crippen LogP contribution in [0.3, 0.4) is 0 Å². The summed E-state index contributed by atoms with van der Waals surface area (Å²) in [7, 11) is 0. The van der Waals surface area contributed by atoms with Gasteiger partial charge in [0.05, 0.1) is 5.54 Å². The maximum Gasteiger partial charge on any atom is 0.573 e. The Morgan fingerprint density at radius 2 is 2.09 bits per heavy atom. The van der Waals surface area contributed by atoms with Crippen molar-refractivity contribution in [2.24, 2.45) is 0 Å². The number of carbonyl (C=O) groups excluding carboxylic acids is 1. The monoisotopic (exact) mass is 338 g/mol. The van der Waals surface area contributed by atoms with Crippen molar-refractivity contribution in [3.05, 3.63) is 24.3 Å². The molecule has 1 atom stereocenters.